The molecule has 1 aliphatic rings. The Morgan fingerprint density at radius 2 is 2.21 bits per heavy atom. The molecule has 0 radical (unpaired) electrons. The van der Waals surface area contributed by atoms with Crippen molar-refractivity contribution in [3.05, 3.63) is 0 Å². The Labute approximate surface area is 81.1 Å². The van der Waals surface area contributed by atoms with Crippen LogP contribution in [0.2, 0.25) is 0 Å². The van der Waals surface area contributed by atoms with E-state index in [-0.39, 0.29) is 0 Å². The van der Waals surface area contributed by atoms with E-state index in [1.165, 1.54) is 0 Å². The standard InChI is InChI=1S/C9H14F2O3/c1-8(2)4-3-6(14-8)5-9(10,11)7(12)13/h6H,3-5H2,1-2H3,(H,12,13). The molecule has 5 heteroatoms. The third kappa shape index (κ3) is 2.64. The monoisotopic (exact) mass is 208 g/mol. The zero-order valence-corrected chi connectivity index (χ0v) is 8.22. The number of hydrogen-bond donors (Lipinski definition) is 1. The summed E-state index contributed by atoms with van der Waals surface area (Å²) in [5.41, 5.74) is -0.404. The number of aliphatic carboxylic acids is 1. The molecule has 0 saturated carbocycles. The number of carboxylic acids is 1. The highest BCUT2D eigenvalue weighted by atomic mass is 19.3. The molecule has 1 heterocycles. The van der Waals surface area contributed by atoms with E-state index in [0.717, 1.165) is 0 Å². The van der Waals surface area contributed by atoms with Gasteiger partial charge in [0.05, 0.1) is 11.7 Å². The van der Waals surface area contributed by atoms with Gasteiger partial charge in [0, 0.05) is 6.42 Å². The van der Waals surface area contributed by atoms with E-state index >= 15 is 0 Å². The van der Waals surface area contributed by atoms with Gasteiger partial charge in [-0.2, -0.15) is 8.78 Å². The molecule has 0 aromatic carbocycles. The second-order valence-corrected chi connectivity index (χ2v) is 4.25. The maximum Gasteiger partial charge on any atom is 0.374 e. The molecule has 0 aromatic rings. The summed E-state index contributed by atoms with van der Waals surface area (Å²) in [6.07, 6.45) is -0.189. The molecule has 1 rings (SSSR count). The summed E-state index contributed by atoms with van der Waals surface area (Å²) in [5.74, 6) is -5.75. The molecule has 3 nitrogen and oxygen atoms in total. The van der Waals surface area contributed by atoms with E-state index < -0.39 is 30.0 Å². The van der Waals surface area contributed by atoms with E-state index in [0.29, 0.717) is 12.8 Å². The fraction of sp³-hybridized carbons (Fsp3) is 0.889. The van der Waals surface area contributed by atoms with Crippen LogP contribution < -0.4 is 0 Å². The highest BCUT2D eigenvalue weighted by Gasteiger charge is 2.44. The molecule has 1 unspecified atom stereocenters. The third-order valence-corrected chi connectivity index (χ3v) is 2.35. The van der Waals surface area contributed by atoms with Crippen molar-refractivity contribution in [3.8, 4) is 0 Å². The van der Waals surface area contributed by atoms with Gasteiger partial charge in [0.25, 0.3) is 0 Å². The zero-order chi connectivity index (χ0) is 11.0. The molecular formula is C9H14F2O3. The molecule has 0 aromatic heterocycles. The van der Waals surface area contributed by atoms with Crippen LogP contribution in [0.15, 0.2) is 0 Å². The molecule has 1 atom stereocenters. The van der Waals surface area contributed by atoms with Gasteiger partial charge < -0.3 is 9.84 Å². The van der Waals surface area contributed by atoms with Crippen LogP contribution >= 0.6 is 0 Å². The first-order valence-electron chi connectivity index (χ1n) is 4.52. The molecule has 14 heavy (non-hydrogen) atoms. The van der Waals surface area contributed by atoms with Crippen molar-refractivity contribution in [1.82, 2.24) is 0 Å². The van der Waals surface area contributed by atoms with Crippen LogP contribution in [0.3, 0.4) is 0 Å². The molecule has 1 aliphatic heterocycles. The van der Waals surface area contributed by atoms with Crippen molar-refractivity contribution in [2.45, 2.75) is 50.7 Å². The summed E-state index contributed by atoms with van der Waals surface area (Å²) >= 11 is 0. The summed E-state index contributed by atoms with van der Waals surface area (Å²) in [6.45, 7) is 3.62. The van der Waals surface area contributed by atoms with Crippen LogP contribution in [0.1, 0.15) is 33.1 Å². The van der Waals surface area contributed by atoms with Gasteiger partial charge in [0.1, 0.15) is 0 Å². The second-order valence-electron chi connectivity index (χ2n) is 4.25. The zero-order valence-electron chi connectivity index (χ0n) is 8.22. The number of carbonyl (C=O) groups is 1. The van der Waals surface area contributed by atoms with Crippen molar-refractivity contribution in [1.29, 1.82) is 0 Å². The van der Waals surface area contributed by atoms with E-state index in [9.17, 15) is 13.6 Å². The van der Waals surface area contributed by atoms with Crippen LogP contribution in [-0.4, -0.2) is 28.7 Å². The predicted molar refractivity (Wildman–Crippen MR) is 45.4 cm³/mol. The molecule has 0 amide bonds. The van der Waals surface area contributed by atoms with Crippen molar-refractivity contribution in [2.24, 2.45) is 0 Å². The Morgan fingerprint density at radius 3 is 2.57 bits per heavy atom. The van der Waals surface area contributed by atoms with Gasteiger partial charge in [0.2, 0.25) is 0 Å². The lowest BCUT2D eigenvalue weighted by atomic mass is 10.0. The first-order valence-corrected chi connectivity index (χ1v) is 4.52. The van der Waals surface area contributed by atoms with Gasteiger partial charge in [-0.05, 0) is 26.7 Å². The third-order valence-electron chi connectivity index (χ3n) is 2.35. The number of carboxylic acid groups (broad SMARTS) is 1. The number of halogens is 2. The quantitative estimate of drug-likeness (QED) is 0.772. The van der Waals surface area contributed by atoms with Crippen molar-refractivity contribution >= 4 is 5.97 Å². The fourth-order valence-electron chi connectivity index (χ4n) is 1.59. The normalized spacial score (nSPS) is 26.4. The summed E-state index contributed by atoms with van der Waals surface area (Å²) in [4.78, 5) is 10.2. The SMILES string of the molecule is CC1(C)CCC(CC(F)(F)C(=O)O)O1. The highest BCUT2D eigenvalue weighted by Crippen LogP contribution is 2.35. The van der Waals surface area contributed by atoms with E-state index in [4.69, 9.17) is 9.84 Å². The average molecular weight is 208 g/mol. The number of alkyl halides is 2. The molecule has 1 N–H and O–H groups in total. The average Bonchev–Trinajstić information content (AvgIpc) is 2.28. The minimum atomic E-state index is -3.68. The minimum absolute atomic E-state index is 0.404. The van der Waals surface area contributed by atoms with Gasteiger partial charge in [-0.15, -0.1) is 0 Å². The second kappa shape index (κ2) is 3.46. The van der Waals surface area contributed by atoms with Gasteiger partial charge in [0.15, 0.2) is 0 Å². The Morgan fingerprint density at radius 1 is 1.64 bits per heavy atom. The highest BCUT2D eigenvalue weighted by molar-refractivity contribution is 5.75. The number of hydrogen-bond acceptors (Lipinski definition) is 2. The van der Waals surface area contributed by atoms with E-state index in [1.54, 1.807) is 0 Å². The van der Waals surface area contributed by atoms with Crippen LogP contribution in [0.4, 0.5) is 8.78 Å². The van der Waals surface area contributed by atoms with Gasteiger partial charge in [-0.25, -0.2) is 4.79 Å². The van der Waals surface area contributed by atoms with Crippen molar-refractivity contribution < 1.29 is 23.4 Å². The van der Waals surface area contributed by atoms with Gasteiger partial charge in [-0.1, -0.05) is 0 Å². The van der Waals surface area contributed by atoms with Crippen molar-refractivity contribution in [2.75, 3.05) is 0 Å². The van der Waals surface area contributed by atoms with Crippen LogP contribution in [-0.2, 0) is 9.53 Å². The van der Waals surface area contributed by atoms with Gasteiger partial charge >= 0.3 is 11.9 Å². The maximum atomic E-state index is 12.8. The predicted octanol–water partition coefficient (Wildman–Crippen LogP) is 2.05. The molecule has 1 saturated heterocycles. The van der Waals surface area contributed by atoms with Crippen LogP contribution in [0.5, 0.6) is 0 Å². The Bertz CT molecular complexity index is 238. The number of rotatable bonds is 3. The molecule has 1 fully saturated rings. The summed E-state index contributed by atoms with van der Waals surface area (Å²) in [5, 5.41) is 8.23. The molecular weight excluding hydrogens is 194 g/mol. The summed E-state index contributed by atoms with van der Waals surface area (Å²) in [7, 11) is 0. The van der Waals surface area contributed by atoms with Crippen LogP contribution in [0, 0.1) is 0 Å². The van der Waals surface area contributed by atoms with E-state index in [1.807, 2.05) is 13.8 Å². The lowest BCUT2D eigenvalue weighted by molar-refractivity contribution is -0.171. The topological polar surface area (TPSA) is 46.5 Å². The molecule has 0 bridgehead atoms. The molecule has 0 aliphatic carbocycles. The number of ether oxygens (including phenoxy) is 1. The Hall–Kier alpha value is -0.710. The lowest BCUT2D eigenvalue weighted by Gasteiger charge is -2.21. The smallest absolute Gasteiger partial charge is 0.374 e. The summed E-state index contributed by atoms with van der Waals surface area (Å²) in [6, 6.07) is 0. The molecule has 82 valence electrons. The van der Waals surface area contributed by atoms with E-state index in [2.05, 4.69) is 0 Å². The molecule has 0 spiro atoms. The van der Waals surface area contributed by atoms with Crippen molar-refractivity contribution in [3.63, 3.8) is 0 Å². The fourth-order valence-corrected chi connectivity index (χ4v) is 1.59. The largest absolute Gasteiger partial charge is 0.477 e. The first-order chi connectivity index (χ1) is 6.23. The summed E-state index contributed by atoms with van der Waals surface area (Å²) < 4.78 is 30.8. The van der Waals surface area contributed by atoms with Crippen LogP contribution in [0.25, 0.3) is 0 Å². The van der Waals surface area contributed by atoms with Gasteiger partial charge in [-0.3, -0.25) is 0 Å². The lowest BCUT2D eigenvalue weighted by Crippen LogP contribution is -2.33. The minimum Gasteiger partial charge on any atom is -0.477 e. The Kier molecular flexibility index (Phi) is 2.81. The maximum absolute atomic E-state index is 12.8. The first kappa shape index (κ1) is 11.4. The Balaban J connectivity index is 2.51.